The Morgan fingerprint density at radius 1 is 0.833 bits per heavy atom. The van der Waals surface area contributed by atoms with E-state index in [1.807, 2.05) is 63.2 Å². The van der Waals surface area contributed by atoms with Crippen LogP contribution in [0.2, 0.25) is 10.0 Å². The summed E-state index contributed by atoms with van der Waals surface area (Å²) < 4.78 is 0. The van der Waals surface area contributed by atoms with Crippen molar-refractivity contribution in [2.75, 3.05) is 5.32 Å². The van der Waals surface area contributed by atoms with E-state index in [1.165, 1.54) is 0 Å². The van der Waals surface area contributed by atoms with E-state index in [4.69, 9.17) is 23.2 Å². The molecule has 2 aromatic rings. The molecule has 3 heteroatoms. The number of benzene rings is 2. The van der Waals surface area contributed by atoms with Gasteiger partial charge in [0.2, 0.25) is 0 Å². The summed E-state index contributed by atoms with van der Waals surface area (Å²) in [6, 6.07) is 13.5. The van der Waals surface area contributed by atoms with E-state index < -0.39 is 0 Å². The van der Waals surface area contributed by atoms with Crippen molar-refractivity contribution in [1.82, 2.24) is 0 Å². The first-order valence-corrected chi connectivity index (χ1v) is 6.71. The zero-order valence-electron chi connectivity index (χ0n) is 10.8. The van der Waals surface area contributed by atoms with Crippen molar-refractivity contribution in [3.63, 3.8) is 0 Å². The van der Waals surface area contributed by atoms with Crippen molar-refractivity contribution in [2.45, 2.75) is 20.8 Å². The maximum atomic E-state index is 6.08. The second-order valence-electron chi connectivity index (χ2n) is 3.54. The number of hydrogen-bond donors (Lipinski definition) is 1. The van der Waals surface area contributed by atoms with E-state index >= 15 is 0 Å². The third-order valence-corrected chi connectivity index (χ3v) is 3.00. The number of rotatable bonds is 2. The Bertz CT molecular complexity index is 489. The van der Waals surface area contributed by atoms with E-state index in [0.29, 0.717) is 10.0 Å². The van der Waals surface area contributed by atoms with Gasteiger partial charge in [-0.3, -0.25) is 0 Å². The highest BCUT2D eigenvalue weighted by atomic mass is 35.5. The summed E-state index contributed by atoms with van der Waals surface area (Å²) in [5.41, 5.74) is 2.91. The molecule has 0 amide bonds. The Hall–Kier alpha value is -1.18. The standard InChI is InChI=1S/C13H11Cl2N.C2H6/c1-9-5-2-3-8-12(9)16-13-10(14)6-4-7-11(13)15;1-2/h2-8,16H,1H3;1-2H3. The third kappa shape index (κ3) is 3.66. The van der Waals surface area contributed by atoms with Crippen molar-refractivity contribution < 1.29 is 0 Å². The van der Waals surface area contributed by atoms with Gasteiger partial charge in [-0.25, -0.2) is 0 Å². The molecule has 0 radical (unpaired) electrons. The van der Waals surface area contributed by atoms with Gasteiger partial charge in [-0.05, 0) is 30.7 Å². The minimum Gasteiger partial charge on any atom is -0.353 e. The van der Waals surface area contributed by atoms with E-state index in [-0.39, 0.29) is 0 Å². The zero-order valence-corrected chi connectivity index (χ0v) is 12.3. The summed E-state index contributed by atoms with van der Waals surface area (Å²) in [6.45, 7) is 6.03. The normalized spacial score (nSPS) is 9.39. The highest BCUT2D eigenvalue weighted by Gasteiger charge is 2.06. The lowest BCUT2D eigenvalue weighted by Gasteiger charge is -2.12. The van der Waals surface area contributed by atoms with Gasteiger partial charge >= 0.3 is 0 Å². The molecule has 0 spiro atoms. The van der Waals surface area contributed by atoms with E-state index in [1.54, 1.807) is 0 Å². The maximum Gasteiger partial charge on any atom is 0.0762 e. The molecule has 2 aromatic carbocycles. The Balaban J connectivity index is 0.000000771. The minimum atomic E-state index is 0.621. The van der Waals surface area contributed by atoms with E-state index in [9.17, 15) is 0 Å². The fourth-order valence-electron chi connectivity index (χ4n) is 1.47. The van der Waals surface area contributed by atoms with Gasteiger partial charge < -0.3 is 5.32 Å². The fraction of sp³-hybridized carbons (Fsp3) is 0.200. The van der Waals surface area contributed by atoms with Crippen LogP contribution in [0.15, 0.2) is 42.5 Å². The molecular formula is C15H17Cl2N. The first-order valence-electron chi connectivity index (χ1n) is 5.95. The lowest BCUT2D eigenvalue weighted by Crippen LogP contribution is -1.94. The van der Waals surface area contributed by atoms with Gasteiger partial charge in [0.15, 0.2) is 0 Å². The number of para-hydroxylation sites is 2. The molecule has 1 nitrogen and oxygen atoms in total. The molecule has 0 bridgehead atoms. The molecule has 0 fully saturated rings. The van der Waals surface area contributed by atoms with Crippen molar-refractivity contribution in [2.24, 2.45) is 0 Å². The summed E-state index contributed by atoms with van der Waals surface area (Å²) in [5.74, 6) is 0. The highest BCUT2D eigenvalue weighted by molar-refractivity contribution is 6.39. The Kier molecular flexibility index (Phi) is 6.03. The van der Waals surface area contributed by atoms with Gasteiger partial charge in [0.1, 0.15) is 0 Å². The number of nitrogens with one attached hydrogen (secondary N) is 1. The lowest BCUT2D eigenvalue weighted by molar-refractivity contribution is 1.43. The molecule has 18 heavy (non-hydrogen) atoms. The monoisotopic (exact) mass is 281 g/mol. The molecule has 1 N–H and O–H groups in total. The number of anilines is 2. The predicted molar refractivity (Wildman–Crippen MR) is 82.3 cm³/mol. The van der Waals surface area contributed by atoms with Gasteiger partial charge in [-0.2, -0.15) is 0 Å². The van der Waals surface area contributed by atoms with E-state index in [2.05, 4.69) is 5.32 Å². The number of hydrogen-bond acceptors (Lipinski definition) is 1. The van der Waals surface area contributed by atoms with Crippen molar-refractivity contribution in [3.05, 3.63) is 58.1 Å². The molecular weight excluding hydrogens is 265 g/mol. The third-order valence-electron chi connectivity index (χ3n) is 2.37. The molecule has 0 unspecified atom stereocenters. The van der Waals surface area contributed by atoms with Crippen LogP contribution in [0.25, 0.3) is 0 Å². The van der Waals surface area contributed by atoms with Gasteiger partial charge in [0.25, 0.3) is 0 Å². The van der Waals surface area contributed by atoms with Crippen LogP contribution >= 0.6 is 23.2 Å². The summed E-state index contributed by atoms with van der Waals surface area (Å²) in [5, 5.41) is 4.49. The van der Waals surface area contributed by atoms with Crippen LogP contribution < -0.4 is 5.32 Å². The van der Waals surface area contributed by atoms with E-state index in [0.717, 1.165) is 16.9 Å². The number of aryl methyl sites for hydroxylation is 1. The molecule has 0 aliphatic rings. The molecule has 0 saturated heterocycles. The van der Waals surface area contributed by atoms with Crippen LogP contribution in [-0.2, 0) is 0 Å². The topological polar surface area (TPSA) is 12.0 Å². The van der Waals surface area contributed by atoms with Gasteiger partial charge in [-0.15, -0.1) is 0 Å². The summed E-state index contributed by atoms with van der Waals surface area (Å²) in [6.07, 6.45) is 0. The second-order valence-corrected chi connectivity index (χ2v) is 4.35. The molecule has 0 aliphatic carbocycles. The van der Waals surface area contributed by atoms with Crippen LogP contribution in [0.5, 0.6) is 0 Å². The SMILES string of the molecule is CC.Cc1ccccc1Nc1c(Cl)cccc1Cl. The second kappa shape index (κ2) is 7.30. The molecule has 0 aliphatic heterocycles. The summed E-state index contributed by atoms with van der Waals surface area (Å²) >= 11 is 12.2. The highest BCUT2D eigenvalue weighted by Crippen LogP contribution is 2.33. The average molecular weight is 282 g/mol. The van der Waals surface area contributed by atoms with Crippen LogP contribution in [0.3, 0.4) is 0 Å². The first kappa shape index (κ1) is 14.9. The lowest BCUT2D eigenvalue weighted by atomic mass is 10.2. The average Bonchev–Trinajstić information content (AvgIpc) is 2.38. The van der Waals surface area contributed by atoms with Crippen LogP contribution in [0.4, 0.5) is 11.4 Å². The van der Waals surface area contributed by atoms with Gasteiger partial charge in [0.05, 0.1) is 15.7 Å². The Morgan fingerprint density at radius 2 is 1.39 bits per heavy atom. The summed E-state index contributed by atoms with van der Waals surface area (Å²) in [4.78, 5) is 0. The zero-order chi connectivity index (χ0) is 13.5. The van der Waals surface area contributed by atoms with Crippen molar-refractivity contribution in [1.29, 1.82) is 0 Å². The van der Waals surface area contributed by atoms with Crippen LogP contribution in [-0.4, -0.2) is 0 Å². The molecule has 2 rings (SSSR count). The maximum absolute atomic E-state index is 6.08. The predicted octanol–water partition coefficient (Wildman–Crippen LogP) is 6.07. The molecule has 0 aromatic heterocycles. The van der Waals surface area contributed by atoms with Crippen LogP contribution in [0, 0.1) is 6.92 Å². The molecule has 0 atom stereocenters. The molecule has 96 valence electrons. The van der Waals surface area contributed by atoms with Gasteiger partial charge in [0, 0.05) is 5.69 Å². The number of halogens is 2. The minimum absolute atomic E-state index is 0.621. The smallest absolute Gasteiger partial charge is 0.0762 e. The quantitative estimate of drug-likeness (QED) is 0.704. The fourth-order valence-corrected chi connectivity index (χ4v) is 1.96. The first-order chi connectivity index (χ1) is 8.68. The van der Waals surface area contributed by atoms with Crippen LogP contribution in [0.1, 0.15) is 19.4 Å². The van der Waals surface area contributed by atoms with Crippen molar-refractivity contribution in [3.8, 4) is 0 Å². The van der Waals surface area contributed by atoms with Gasteiger partial charge in [-0.1, -0.05) is 61.3 Å². The Morgan fingerprint density at radius 3 is 1.94 bits per heavy atom. The molecule has 0 saturated carbocycles. The largest absolute Gasteiger partial charge is 0.353 e. The molecule has 0 heterocycles. The summed E-state index contributed by atoms with van der Waals surface area (Å²) in [7, 11) is 0. The Labute approximate surface area is 119 Å². The van der Waals surface area contributed by atoms with Crippen molar-refractivity contribution >= 4 is 34.6 Å².